The fraction of sp³-hybridized carbons (Fsp3) is 0.400. The molecule has 1 amide bonds. The van der Waals surface area contributed by atoms with Crippen LogP contribution in [0.5, 0.6) is 0 Å². The summed E-state index contributed by atoms with van der Waals surface area (Å²) in [4.78, 5) is 28.7. The van der Waals surface area contributed by atoms with Gasteiger partial charge < -0.3 is 5.32 Å². The molecule has 1 N–H and O–H groups in total. The Morgan fingerprint density at radius 2 is 2.18 bits per heavy atom. The van der Waals surface area contributed by atoms with Crippen molar-refractivity contribution >= 4 is 40.2 Å². The zero-order chi connectivity index (χ0) is 16.1. The Morgan fingerprint density at radius 3 is 2.86 bits per heavy atom. The average molecular weight is 340 g/mol. The molecule has 1 aromatic heterocycles. The molecule has 0 unspecified atom stereocenters. The molecule has 0 saturated heterocycles. The first kappa shape index (κ1) is 16.8. The van der Waals surface area contributed by atoms with Crippen LogP contribution < -0.4 is 10.9 Å². The third-order valence-corrected chi connectivity index (χ3v) is 4.25. The molecule has 0 radical (unpaired) electrons. The number of amides is 1. The molecule has 0 spiro atoms. The van der Waals surface area contributed by atoms with E-state index in [2.05, 4.69) is 10.3 Å². The molecule has 2 aromatic rings. The van der Waals surface area contributed by atoms with Crippen molar-refractivity contribution in [2.45, 2.75) is 32.0 Å². The fourth-order valence-electron chi connectivity index (χ4n) is 2.08. The van der Waals surface area contributed by atoms with Crippen LogP contribution in [0.25, 0.3) is 10.9 Å². The lowest BCUT2D eigenvalue weighted by atomic mass is 10.2. The van der Waals surface area contributed by atoms with Crippen molar-refractivity contribution in [1.29, 1.82) is 0 Å². The summed E-state index contributed by atoms with van der Waals surface area (Å²) in [6.45, 7) is 5.02. The van der Waals surface area contributed by atoms with Gasteiger partial charge in [0.25, 0.3) is 5.56 Å². The van der Waals surface area contributed by atoms with E-state index in [9.17, 15) is 9.59 Å². The SMILES string of the molecule is CCCn1c(SCC(=O)NCC)nc2cc(Cl)ccc2c1=O. The van der Waals surface area contributed by atoms with Gasteiger partial charge in [0.2, 0.25) is 5.91 Å². The number of hydrogen-bond acceptors (Lipinski definition) is 4. The molecule has 0 bridgehead atoms. The smallest absolute Gasteiger partial charge is 0.262 e. The molecule has 1 heterocycles. The molecule has 2 rings (SSSR count). The summed E-state index contributed by atoms with van der Waals surface area (Å²) in [6.07, 6.45) is 0.815. The maximum absolute atomic E-state index is 12.6. The standard InChI is InChI=1S/C15H18ClN3O2S/c1-3-7-19-14(21)11-6-5-10(16)8-12(11)18-15(19)22-9-13(20)17-4-2/h5-6,8H,3-4,7,9H2,1-2H3,(H,17,20). The Morgan fingerprint density at radius 1 is 1.41 bits per heavy atom. The van der Waals surface area contributed by atoms with E-state index < -0.39 is 0 Å². The van der Waals surface area contributed by atoms with Gasteiger partial charge in [-0.05, 0) is 31.5 Å². The average Bonchev–Trinajstić information content (AvgIpc) is 2.48. The second-order valence-electron chi connectivity index (χ2n) is 4.75. The van der Waals surface area contributed by atoms with Gasteiger partial charge in [-0.25, -0.2) is 4.98 Å². The molecule has 0 aliphatic rings. The van der Waals surface area contributed by atoms with Crippen molar-refractivity contribution in [3.63, 3.8) is 0 Å². The summed E-state index contributed by atoms with van der Waals surface area (Å²) in [5, 5.41) is 4.36. The summed E-state index contributed by atoms with van der Waals surface area (Å²) in [6, 6.07) is 5.05. The van der Waals surface area contributed by atoms with Gasteiger partial charge in [0.1, 0.15) is 0 Å². The number of thioether (sulfide) groups is 1. The van der Waals surface area contributed by atoms with Crippen molar-refractivity contribution in [2.75, 3.05) is 12.3 Å². The number of carbonyl (C=O) groups excluding carboxylic acids is 1. The fourth-order valence-corrected chi connectivity index (χ4v) is 3.10. The van der Waals surface area contributed by atoms with Crippen molar-refractivity contribution in [3.8, 4) is 0 Å². The number of nitrogens with one attached hydrogen (secondary N) is 1. The predicted octanol–water partition coefficient (Wildman–Crippen LogP) is 2.69. The predicted molar refractivity (Wildman–Crippen MR) is 90.7 cm³/mol. The number of carbonyl (C=O) groups is 1. The lowest BCUT2D eigenvalue weighted by molar-refractivity contribution is -0.118. The largest absolute Gasteiger partial charge is 0.356 e. The Kier molecular flexibility index (Phi) is 5.85. The Labute approximate surface area is 138 Å². The van der Waals surface area contributed by atoms with E-state index in [0.29, 0.717) is 34.2 Å². The van der Waals surface area contributed by atoms with Crippen LogP contribution in [0.4, 0.5) is 0 Å². The minimum absolute atomic E-state index is 0.0732. The van der Waals surface area contributed by atoms with E-state index in [0.717, 1.165) is 6.42 Å². The molecular weight excluding hydrogens is 322 g/mol. The molecule has 1 aromatic carbocycles. The monoisotopic (exact) mass is 339 g/mol. The summed E-state index contributed by atoms with van der Waals surface area (Å²) in [7, 11) is 0. The second kappa shape index (κ2) is 7.65. The van der Waals surface area contributed by atoms with Crippen molar-refractivity contribution < 1.29 is 4.79 Å². The van der Waals surface area contributed by atoms with Crippen molar-refractivity contribution in [1.82, 2.24) is 14.9 Å². The molecule has 118 valence electrons. The normalized spacial score (nSPS) is 10.9. The number of aromatic nitrogens is 2. The molecule has 0 fully saturated rings. The van der Waals surface area contributed by atoms with E-state index in [-0.39, 0.29) is 17.2 Å². The van der Waals surface area contributed by atoms with Gasteiger partial charge in [0.05, 0.1) is 16.7 Å². The van der Waals surface area contributed by atoms with Crippen molar-refractivity contribution in [3.05, 3.63) is 33.6 Å². The zero-order valence-electron chi connectivity index (χ0n) is 12.6. The highest BCUT2D eigenvalue weighted by molar-refractivity contribution is 7.99. The van der Waals surface area contributed by atoms with Gasteiger partial charge in [-0.15, -0.1) is 0 Å². The van der Waals surface area contributed by atoms with Gasteiger partial charge in [-0.2, -0.15) is 0 Å². The lowest BCUT2D eigenvalue weighted by Crippen LogP contribution is -2.26. The molecule has 0 aliphatic heterocycles. The molecule has 0 aliphatic carbocycles. The van der Waals surface area contributed by atoms with Crippen LogP contribution in [0.1, 0.15) is 20.3 Å². The molecule has 0 atom stereocenters. The minimum atomic E-state index is -0.0954. The van der Waals surface area contributed by atoms with Gasteiger partial charge in [-0.3, -0.25) is 14.2 Å². The molecule has 7 heteroatoms. The number of benzene rings is 1. The lowest BCUT2D eigenvalue weighted by Gasteiger charge is -2.12. The van der Waals surface area contributed by atoms with E-state index in [1.54, 1.807) is 22.8 Å². The number of halogens is 1. The highest BCUT2D eigenvalue weighted by Crippen LogP contribution is 2.20. The van der Waals surface area contributed by atoms with Crippen LogP contribution in [0.2, 0.25) is 5.02 Å². The Balaban J connectivity index is 2.43. The quantitative estimate of drug-likeness (QED) is 0.649. The first-order valence-electron chi connectivity index (χ1n) is 7.16. The van der Waals surface area contributed by atoms with Gasteiger partial charge in [-0.1, -0.05) is 30.3 Å². The minimum Gasteiger partial charge on any atom is -0.356 e. The zero-order valence-corrected chi connectivity index (χ0v) is 14.1. The summed E-state index contributed by atoms with van der Waals surface area (Å²) < 4.78 is 1.63. The highest BCUT2D eigenvalue weighted by Gasteiger charge is 2.13. The topological polar surface area (TPSA) is 64.0 Å². The van der Waals surface area contributed by atoms with Crippen LogP contribution in [0.3, 0.4) is 0 Å². The third-order valence-electron chi connectivity index (χ3n) is 3.04. The molecule has 0 saturated carbocycles. The van der Waals surface area contributed by atoms with Crippen LogP contribution >= 0.6 is 23.4 Å². The number of hydrogen-bond donors (Lipinski definition) is 1. The molecular formula is C15H18ClN3O2S. The maximum Gasteiger partial charge on any atom is 0.262 e. The summed E-state index contributed by atoms with van der Waals surface area (Å²) in [5.74, 6) is 0.159. The maximum atomic E-state index is 12.6. The summed E-state index contributed by atoms with van der Waals surface area (Å²) in [5.41, 5.74) is 0.463. The van der Waals surface area contributed by atoms with Crippen LogP contribution in [0.15, 0.2) is 28.2 Å². The Hall–Kier alpha value is -1.53. The number of fused-ring (bicyclic) bond motifs is 1. The van der Waals surface area contributed by atoms with E-state index in [1.807, 2.05) is 13.8 Å². The van der Waals surface area contributed by atoms with Crippen LogP contribution in [-0.4, -0.2) is 27.8 Å². The van der Waals surface area contributed by atoms with Gasteiger partial charge in [0.15, 0.2) is 5.16 Å². The Bertz CT molecular complexity index is 745. The van der Waals surface area contributed by atoms with E-state index in [1.165, 1.54) is 11.8 Å². The first-order valence-corrected chi connectivity index (χ1v) is 8.52. The van der Waals surface area contributed by atoms with Gasteiger partial charge >= 0.3 is 0 Å². The van der Waals surface area contributed by atoms with Crippen LogP contribution in [-0.2, 0) is 11.3 Å². The van der Waals surface area contributed by atoms with Crippen LogP contribution in [0, 0.1) is 0 Å². The third kappa shape index (κ3) is 3.81. The van der Waals surface area contributed by atoms with E-state index in [4.69, 9.17) is 11.6 Å². The van der Waals surface area contributed by atoms with Crippen molar-refractivity contribution in [2.24, 2.45) is 0 Å². The molecule has 22 heavy (non-hydrogen) atoms. The highest BCUT2D eigenvalue weighted by atomic mass is 35.5. The number of nitrogens with zero attached hydrogens (tertiary/aromatic N) is 2. The first-order chi connectivity index (χ1) is 10.6. The van der Waals surface area contributed by atoms with E-state index >= 15 is 0 Å². The molecule has 5 nitrogen and oxygen atoms in total. The second-order valence-corrected chi connectivity index (χ2v) is 6.13. The van der Waals surface area contributed by atoms with Gasteiger partial charge in [0, 0.05) is 18.1 Å². The number of rotatable bonds is 6. The summed E-state index contributed by atoms with van der Waals surface area (Å²) >= 11 is 7.24.